The van der Waals surface area contributed by atoms with Gasteiger partial charge >= 0.3 is 0 Å². The van der Waals surface area contributed by atoms with E-state index in [1.807, 2.05) is 26.8 Å². The molecule has 0 fully saturated rings. The van der Waals surface area contributed by atoms with Crippen molar-refractivity contribution in [3.63, 3.8) is 0 Å². The molecule has 92 valence electrons. The molecule has 0 unspecified atom stereocenters. The van der Waals surface area contributed by atoms with Crippen LogP contribution in [0.5, 0.6) is 0 Å². The lowest BCUT2D eigenvalue weighted by atomic mass is 10.0. The summed E-state index contributed by atoms with van der Waals surface area (Å²) in [6, 6.07) is 1.87. The largest absolute Gasteiger partial charge is 0.464 e. The second-order valence-corrected chi connectivity index (χ2v) is 4.79. The Kier molecular flexibility index (Phi) is 2.14. The Labute approximate surface area is 104 Å². The summed E-state index contributed by atoms with van der Waals surface area (Å²) in [6.07, 6.45) is 1.71. The van der Waals surface area contributed by atoms with Crippen molar-refractivity contribution in [2.75, 3.05) is 0 Å². The highest BCUT2D eigenvalue weighted by Crippen LogP contribution is 2.30. The number of rotatable bonds is 0. The van der Waals surface area contributed by atoms with Crippen LogP contribution < -0.4 is 5.43 Å². The molecule has 0 N–H and O–H groups in total. The summed E-state index contributed by atoms with van der Waals surface area (Å²) in [5, 5.41) is 1.61. The van der Waals surface area contributed by atoms with Crippen molar-refractivity contribution in [1.29, 1.82) is 0 Å². The minimum atomic E-state index is 0.0411. The molecule has 3 heteroatoms. The fourth-order valence-electron chi connectivity index (χ4n) is 2.33. The van der Waals surface area contributed by atoms with Crippen molar-refractivity contribution in [2.24, 2.45) is 0 Å². The lowest BCUT2D eigenvalue weighted by Crippen LogP contribution is -2.07. The molecular weight excluding hydrogens is 228 g/mol. The fraction of sp³-hybridized carbons (Fsp3) is 0.267. The second-order valence-electron chi connectivity index (χ2n) is 4.79. The first-order chi connectivity index (χ1) is 8.50. The normalized spacial score (nSPS) is 11.6. The molecule has 1 aromatic carbocycles. The maximum absolute atomic E-state index is 12.3. The van der Waals surface area contributed by atoms with Gasteiger partial charge in [0.05, 0.1) is 11.6 Å². The first kappa shape index (κ1) is 11.1. The minimum absolute atomic E-state index is 0.0411. The van der Waals surface area contributed by atoms with Crippen LogP contribution in [0.1, 0.15) is 22.5 Å². The predicted molar refractivity (Wildman–Crippen MR) is 71.2 cm³/mol. The van der Waals surface area contributed by atoms with E-state index in [0.717, 1.165) is 22.1 Å². The lowest BCUT2D eigenvalue weighted by Gasteiger charge is -2.06. The molecule has 0 bridgehead atoms. The molecule has 0 amide bonds. The molecule has 2 aromatic heterocycles. The quantitative estimate of drug-likeness (QED) is 0.602. The van der Waals surface area contributed by atoms with E-state index in [1.54, 1.807) is 13.2 Å². The Morgan fingerprint density at radius 1 is 0.944 bits per heavy atom. The van der Waals surface area contributed by atoms with Gasteiger partial charge in [0.25, 0.3) is 0 Å². The highest BCUT2D eigenvalue weighted by atomic mass is 16.3. The summed E-state index contributed by atoms with van der Waals surface area (Å²) < 4.78 is 11.3. The summed E-state index contributed by atoms with van der Waals surface area (Å²) in [7, 11) is 0. The summed E-state index contributed by atoms with van der Waals surface area (Å²) >= 11 is 0. The molecule has 2 heterocycles. The zero-order chi connectivity index (χ0) is 13.0. The highest BCUT2D eigenvalue weighted by Gasteiger charge is 2.15. The third-order valence-corrected chi connectivity index (χ3v) is 3.61. The number of furan rings is 1. The van der Waals surface area contributed by atoms with E-state index < -0.39 is 0 Å². The van der Waals surface area contributed by atoms with Gasteiger partial charge in [-0.1, -0.05) is 0 Å². The van der Waals surface area contributed by atoms with Gasteiger partial charge in [-0.05, 0) is 39.3 Å². The monoisotopic (exact) mass is 242 g/mol. The van der Waals surface area contributed by atoms with Gasteiger partial charge in [0.2, 0.25) is 0 Å². The molecule has 0 aliphatic heterocycles. The fourth-order valence-corrected chi connectivity index (χ4v) is 2.33. The average molecular weight is 242 g/mol. The Hall–Kier alpha value is -2.03. The number of benzene rings is 1. The number of hydrogen-bond donors (Lipinski definition) is 0. The molecule has 0 spiro atoms. The highest BCUT2D eigenvalue weighted by molar-refractivity contribution is 5.98. The van der Waals surface area contributed by atoms with Crippen LogP contribution in [-0.4, -0.2) is 0 Å². The van der Waals surface area contributed by atoms with E-state index in [1.165, 1.54) is 0 Å². The minimum Gasteiger partial charge on any atom is -0.464 e. The molecule has 3 rings (SSSR count). The van der Waals surface area contributed by atoms with Crippen LogP contribution in [0.3, 0.4) is 0 Å². The number of aryl methyl sites for hydroxylation is 3. The van der Waals surface area contributed by atoms with Crippen LogP contribution >= 0.6 is 0 Å². The maximum atomic E-state index is 12.3. The molecule has 0 saturated heterocycles. The van der Waals surface area contributed by atoms with E-state index in [0.29, 0.717) is 22.3 Å². The summed E-state index contributed by atoms with van der Waals surface area (Å²) in [5.74, 6) is 0.665. The topological polar surface area (TPSA) is 43.4 Å². The van der Waals surface area contributed by atoms with Gasteiger partial charge in [0, 0.05) is 16.5 Å². The molecule has 0 radical (unpaired) electrons. The van der Waals surface area contributed by atoms with Gasteiger partial charge in [-0.2, -0.15) is 0 Å². The van der Waals surface area contributed by atoms with Gasteiger partial charge in [-0.3, -0.25) is 4.79 Å². The van der Waals surface area contributed by atoms with Crippen molar-refractivity contribution in [1.82, 2.24) is 0 Å². The number of hydrogen-bond acceptors (Lipinski definition) is 3. The molecule has 3 nitrogen and oxygen atoms in total. The molecule has 0 aliphatic carbocycles. The summed E-state index contributed by atoms with van der Waals surface area (Å²) in [5.41, 5.74) is 4.06. The molecule has 0 aliphatic rings. The van der Waals surface area contributed by atoms with E-state index in [9.17, 15) is 4.79 Å². The van der Waals surface area contributed by atoms with Gasteiger partial charge in [0.15, 0.2) is 5.43 Å². The average Bonchev–Trinajstić information content (AvgIpc) is 2.71. The second kappa shape index (κ2) is 3.48. The standard InChI is InChI=1S/C15H14O3/c1-7-6-17-14-9(3)15-12(5-11(7)14)13(16)8(2)10(4)18-15/h5-6H,1-4H3. The predicted octanol–water partition coefficient (Wildman–Crippen LogP) is 3.77. The molecule has 0 atom stereocenters. The SMILES string of the molecule is Cc1oc2c(C)c3occ(C)c3cc2c(=O)c1C. The van der Waals surface area contributed by atoms with E-state index in [2.05, 4.69) is 0 Å². The van der Waals surface area contributed by atoms with E-state index in [4.69, 9.17) is 8.83 Å². The van der Waals surface area contributed by atoms with Crippen molar-refractivity contribution in [3.05, 3.63) is 45.0 Å². The molecule has 0 saturated carbocycles. The van der Waals surface area contributed by atoms with Crippen molar-refractivity contribution in [3.8, 4) is 0 Å². The Morgan fingerprint density at radius 3 is 2.39 bits per heavy atom. The zero-order valence-corrected chi connectivity index (χ0v) is 10.9. The van der Waals surface area contributed by atoms with Crippen LogP contribution in [0.15, 0.2) is 26.0 Å². The van der Waals surface area contributed by atoms with E-state index >= 15 is 0 Å². The van der Waals surface area contributed by atoms with Crippen molar-refractivity contribution < 1.29 is 8.83 Å². The Bertz CT molecular complexity index is 834. The summed E-state index contributed by atoms with van der Waals surface area (Å²) in [6.45, 7) is 7.50. The number of fused-ring (bicyclic) bond motifs is 2. The van der Waals surface area contributed by atoms with Crippen LogP contribution in [0, 0.1) is 27.7 Å². The Morgan fingerprint density at radius 2 is 1.67 bits per heavy atom. The maximum Gasteiger partial charge on any atom is 0.195 e. The molecular formula is C15H14O3. The first-order valence-electron chi connectivity index (χ1n) is 5.92. The smallest absolute Gasteiger partial charge is 0.195 e. The van der Waals surface area contributed by atoms with E-state index in [-0.39, 0.29) is 5.43 Å². The first-order valence-corrected chi connectivity index (χ1v) is 5.92. The van der Waals surface area contributed by atoms with Gasteiger partial charge in [-0.15, -0.1) is 0 Å². The van der Waals surface area contributed by atoms with Crippen LogP contribution in [0.4, 0.5) is 0 Å². The molecule has 18 heavy (non-hydrogen) atoms. The van der Waals surface area contributed by atoms with Crippen molar-refractivity contribution in [2.45, 2.75) is 27.7 Å². The van der Waals surface area contributed by atoms with Crippen LogP contribution in [-0.2, 0) is 0 Å². The molecule has 3 aromatic rings. The third-order valence-electron chi connectivity index (χ3n) is 3.61. The van der Waals surface area contributed by atoms with Crippen LogP contribution in [0.2, 0.25) is 0 Å². The lowest BCUT2D eigenvalue weighted by molar-refractivity contribution is 0.554. The van der Waals surface area contributed by atoms with Crippen LogP contribution in [0.25, 0.3) is 21.9 Å². The van der Waals surface area contributed by atoms with Gasteiger partial charge < -0.3 is 8.83 Å². The zero-order valence-electron chi connectivity index (χ0n) is 10.9. The Balaban J connectivity index is 2.66. The third kappa shape index (κ3) is 1.27. The van der Waals surface area contributed by atoms with Gasteiger partial charge in [-0.25, -0.2) is 0 Å². The summed E-state index contributed by atoms with van der Waals surface area (Å²) in [4.78, 5) is 12.3. The van der Waals surface area contributed by atoms with Crippen molar-refractivity contribution >= 4 is 21.9 Å². The van der Waals surface area contributed by atoms with Gasteiger partial charge in [0.1, 0.15) is 16.9 Å².